The van der Waals surface area contributed by atoms with Crippen molar-refractivity contribution in [2.45, 2.75) is 31.5 Å². The first-order chi connectivity index (χ1) is 6.84. The van der Waals surface area contributed by atoms with Crippen molar-refractivity contribution in [1.29, 1.82) is 0 Å². The standard InChI is InChI=1S/C8H15N3O3S/c1-6(14-3)4-11-5-8(10-7(11)2)15(9,12)13/h5-6H,4H2,1-3H3,(H2,9,12,13). The minimum Gasteiger partial charge on any atom is -0.380 e. The number of nitrogens with two attached hydrogens (primary N) is 1. The molecule has 1 heterocycles. The van der Waals surface area contributed by atoms with Crippen LogP contribution in [0.4, 0.5) is 0 Å². The zero-order valence-corrected chi connectivity index (χ0v) is 9.78. The summed E-state index contributed by atoms with van der Waals surface area (Å²) in [5.74, 6) is 0.600. The summed E-state index contributed by atoms with van der Waals surface area (Å²) in [5, 5.41) is 4.86. The molecule has 6 nitrogen and oxygen atoms in total. The molecule has 0 radical (unpaired) electrons. The molecule has 0 aliphatic rings. The van der Waals surface area contributed by atoms with Crippen molar-refractivity contribution < 1.29 is 13.2 Å². The normalized spacial score (nSPS) is 14.1. The molecule has 2 N–H and O–H groups in total. The van der Waals surface area contributed by atoms with Gasteiger partial charge in [-0.25, -0.2) is 18.5 Å². The van der Waals surface area contributed by atoms with Gasteiger partial charge in [0.15, 0.2) is 5.03 Å². The zero-order valence-electron chi connectivity index (χ0n) is 8.97. The highest BCUT2D eigenvalue weighted by Crippen LogP contribution is 2.08. The SMILES string of the molecule is COC(C)Cn1cc(S(N)(=O)=O)nc1C. The van der Waals surface area contributed by atoms with E-state index in [2.05, 4.69) is 4.98 Å². The second-order valence-electron chi connectivity index (χ2n) is 3.37. The van der Waals surface area contributed by atoms with E-state index in [0.717, 1.165) is 0 Å². The Kier molecular flexibility index (Phi) is 3.48. The summed E-state index contributed by atoms with van der Waals surface area (Å²) in [6.07, 6.45) is 1.41. The van der Waals surface area contributed by atoms with Crippen LogP contribution in [0.25, 0.3) is 0 Å². The van der Waals surface area contributed by atoms with Crippen LogP contribution in [0.3, 0.4) is 0 Å². The largest absolute Gasteiger partial charge is 0.380 e. The molecule has 1 rings (SSSR count). The summed E-state index contributed by atoms with van der Waals surface area (Å²) in [5.41, 5.74) is 0. The van der Waals surface area contributed by atoms with Crippen LogP contribution in [0.5, 0.6) is 0 Å². The Labute approximate surface area is 89.1 Å². The first-order valence-electron chi connectivity index (χ1n) is 4.44. The smallest absolute Gasteiger partial charge is 0.257 e. The van der Waals surface area contributed by atoms with Gasteiger partial charge in [-0.3, -0.25) is 0 Å². The number of aryl methyl sites for hydroxylation is 1. The molecule has 0 fully saturated rings. The molecule has 1 aromatic heterocycles. The minimum absolute atomic E-state index is 0.00812. The molecule has 0 spiro atoms. The van der Waals surface area contributed by atoms with E-state index >= 15 is 0 Å². The Morgan fingerprint density at radius 2 is 2.27 bits per heavy atom. The van der Waals surface area contributed by atoms with Gasteiger partial charge in [0.1, 0.15) is 5.82 Å². The highest BCUT2D eigenvalue weighted by Gasteiger charge is 2.15. The van der Waals surface area contributed by atoms with Crippen molar-refractivity contribution in [3.8, 4) is 0 Å². The maximum Gasteiger partial charge on any atom is 0.257 e. The summed E-state index contributed by atoms with van der Waals surface area (Å²) in [6.45, 7) is 4.15. The fraction of sp³-hybridized carbons (Fsp3) is 0.625. The number of sulfonamides is 1. The summed E-state index contributed by atoms with van der Waals surface area (Å²) >= 11 is 0. The number of hydrogen-bond acceptors (Lipinski definition) is 4. The van der Waals surface area contributed by atoms with Crippen LogP contribution in [0.2, 0.25) is 0 Å². The van der Waals surface area contributed by atoms with E-state index in [0.29, 0.717) is 12.4 Å². The second-order valence-corrected chi connectivity index (χ2v) is 4.88. The van der Waals surface area contributed by atoms with Gasteiger partial charge in [-0.1, -0.05) is 0 Å². The number of imidazole rings is 1. The van der Waals surface area contributed by atoms with Gasteiger partial charge in [0.2, 0.25) is 0 Å². The number of methoxy groups -OCH3 is 1. The fourth-order valence-corrected chi connectivity index (χ4v) is 1.69. The molecule has 15 heavy (non-hydrogen) atoms. The first kappa shape index (κ1) is 12.2. The highest BCUT2D eigenvalue weighted by molar-refractivity contribution is 7.89. The zero-order chi connectivity index (χ0) is 11.6. The van der Waals surface area contributed by atoms with Gasteiger partial charge in [-0.15, -0.1) is 0 Å². The van der Waals surface area contributed by atoms with Crippen LogP contribution in [0.1, 0.15) is 12.7 Å². The average Bonchev–Trinajstić information content (AvgIpc) is 2.47. The first-order valence-corrected chi connectivity index (χ1v) is 5.98. The van der Waals surface area contributed by atoms with Crippen molar-refractivity contribution in [2.75, 3.05) is 7.11 Å². The molecule has 86 valence electrons. The van der Waals surface area contributed by atoms with Gasteiger partial charge in [0, 0.05) is 19.9 Å². The maximum atomic E-state index is 11.0. The van der Waals surface area contributed by atoms with Crippen molar-refractivity contribution in [2.24, 2.45) is 5.14 Å². The Bertz CT molecular complexity index is 438. The Balaban J connectivity index is 2.97. The van der Waals surface area contributed by atoms with Crippen molar-refractivity contribution in [3.63, 3.8) is 0 Å². The molecule has 1 aromatic rings. The summed E-state index contributed by atoms with van der Waals surface area (Å²) in [7, 11) is -2.13. The van der Waals surface area contributed by atoms with Gasteiger partial charge in [0.25, 0.3) is 10.0 Å². The lowest BCUT2D eigenvalue weighted by Crippen LogP contribution is -2.15. The van der Waals surface area contributed by atoms with Crippen LogP contribution in [0, 0.1) is 6.92 Å². The summed E-state index contributed by atoms with van der Waals surface area (Å²) in [4.78, 5) is 3.86. The fourth-order valence-electron chi connectivity index (χ4n) is 1.15. The molecule has 0 saturated heterocycles. The van der Waals surface area contributed by atoms with Crippen molar-refractivity contribution >= 4 is 10.0 Å². The van der Waals surface area contributed by atoms with E-state index in [1.165, 1.54) is 6.20 Å². The van der Waals surface area contributed by atoms with E-state index in [9.17, 15) is 8.42 Å². The van der Waals surface area contributed by atoms with Gasteiger partial charge in [0.05, 0.1) is 6.10 Å². The van der Waals surface area contributed by atoms with Crippen LogP contribution in [-0.2, 0) is 21.3 Å². The number of aromatic nitrogens is 2. The number of rotatable bonds is 4. The van der Waals surface area contributed by atoms with Crippen LogP contribution < -0.4 is 5.14 Å². The predicted molar refractivity (Wildman–Crippen MR) is 54.8 cm³/mol. The number of nitrogens with zero attached hydrogens (tertiary/aromatic N) is 2. The van der Waals surface area contributed by atoms with Gasteiger partial charge in [-0.05, 0) is 13.8 Å². The topological polar surface area (TPSA) is 87.2 Å². The van der Waals surface area contributed by atoms with E-state index in [1.807, 2.05) is 6.92 Å². The van der Waals surface area contributed by atoms with E-state index in [-0.39, 0.29) is 11.1 Å². The quantitative estimate of drug-likeness (QED) is 0.785. The van der Waals surface area contributed by atoms with Crippen molar-refractivity contribution in [3.05, 3.63) is 12.0 Å². The third kappa shape index (κ3) is 3.01. The third-order valence-electron chi connectivity index (χ3n) is 2.10. The molecule has 0 aromatic carbocycles. The molecule has 1 unspecified atom stereocenters. The lowest BCUT2D eigenvalue weighted by molar-refractivity contribution is 0.102. The molecule has 0 bridgehead atoms. The maximum absolute atomic E-state index is 11.0. The monoisotopic (exact) mass is 233 g/mol. The molecule has 0 saturated carbocycles. The summed E-state index contributed by atoms with van der Waals surface area (Å²) in [6, 6.07) is 0. The Morgan fingerprint density at radius 3 is 2.67 bits per heavy atom. The minimum atomic E-state index is -3.72. The van der Waals surface area contributed by atoms with Gasteiger partial charge < -0.3 is 9.30 Å². The second kappa shape index (κ2) is 4.30. The van der Waals surface area contributed by atoms with E-state index in [4.69, 9.17) is 9.88 Å². The molecule has 0 amide bonds. The number of ether oxygens (including phenoxy) is 1. The van der Waals surface area contributed by atoms with Gasteiger partial charge in [-0.2, -0.15) is 0 Å². The predicted octanol–water partition coefficient (Wildman–Crippen LogP) is -0.126. The van der Waals surface area contributed by atoms with Gasteiger partial charge >= 0.3 is 0 Å². The Morgan fingerprint density at radius 1 is 1.67 bits per heavy atom. The average molecular weight is 233 g/mol. The lowest BCUT2D eigenvalue weighted by atomic mass is 10.4. The summed E-state index contributed by atoms with van der Waals surface area (Å²) < 4.78 is 28.8. The number of primary sulfonamides is 1. The molecule has 7 heteroatoms. The van der Waals surface area contributed by atoms with E-state index in [1.54, 1.807) is 18.6 Å². The molecule has 1 atom stereocenters. The molecular formula is C8H15N3O3S. The van der Waals surface area contributed by atoms with E-state index < -0.39 is 10.0 Å². The lowest BCUT2D eigenvalue weighted by Gasteiger charge is -2.10. The molecule has 0 aliphatic heterocycles. The Hall–Kier alpha value is -0.920. The van der Waals surface area contributed by atoms with Crippen LogP contribution in [0.15, 0.2) is 11.2 Å². The molecular weight excluding hydrogens is 218 g/mol. The van der Waals surface area contributed by atoms with Crippen molar-refractivity contribution in [1.82, 2.24) is 9.55 Å². The third-order valence-corrected chi connectivity index (χ3v) is 2.88. The van der Waals surface area contributed by atoms with Crippen LogP contribution >= 0.6 is 0 Å². The highest BCUT2D eigenvalue weighted by atomic mass is 32.2. The number of hydrogen-bond donors (Lipinski definition) is 1. The van der Waals surface area contributed by atoms with Crippen LogP contribution in [-0.4, -0.2) is 31.2 Å². The molecule has 0 aliphatic carbocycles.